The summed E-state index contributed by atoms with van der Waals surface area (Å²) in [7, 11) is 2.61. The molecule has 8 unspecified atom stereocenters. The Hall–Kier alpha value is -0.250. The summed E-state index contributed by atoms with van der Waals surface area (Å²) >= 11 is 2.20. The molecule has 0 spiro atoms. The Morgan fingerprint density at radius 2 is 1.82 bits per heavy atom. The van der Waals surface area contributed by atoms with Crippen molar-refractivity contribution in [2.24, 2.45) is 29.6 Å². The first-order valence-electron chi connectivity index (χ1n) is 15.0. The van der Waals surface area contributed by atoms with Crippen molar-refractivity contribution in [3.8, 4) is 0 Å². The third kappa shape index (κ3) is 5.37. The molecule has 4 rings (SSSR count). The van der Waals surface area contributed by atoms with E-state index >= 15 is 0 Å². The Morgan fingerprint density at radius 3 is 2.50 bits per heavy atom. The SMILES string of the molecule is CCC=C(SC(=C(C)CC)C1CCCNC1)C(C)C1CCCC2C(C(C)C1)C1CCCC[N+]12C. The van der Waals surface area contributed by atoms with Gasteiger partial charge in [0.2, 0.25) is 0 Å². The van der Waals surface area contributed by atoms with E-state index in [4.69, 9.17) is 0 Å². The maximum Gasteiger partial charge on any atom is 0.0979 e. The third-order valence-electron chi connectivity index (χ3n) is 10.6. The van der Waals surface area contributed by atoms with Crippen LogP contribution in [0.3, 0.4) is 0 Å². The zero-order valence-electron chi connectivity index (χ0n) is 23.4. The maximum absolute atomic E-state index is 3.69. The molecule has 0 radical (unpaired) electrons. The van der Waals surface area contributed by atoms with Crippen LogP contribution in [0.5, 0.6) is 0 Å². The summed E-state index contributed by atoms with van der Waals surface area (Å²) in [6.07, 6.45) is 17.9. The van der Waals surface area contributed by atoms with Crippen LogP contribution in [-0.4, -0.2) is 43.2 Å². The number of hydrogen-bond acceptors (Lipinski definition) is 2. The summed E-state index contributed by atoms with van der Waals surface area (Å²) in [5.41, 5.74) is 1.63. The van der Waals surface area contributed by atoms with Gasteiger partial charge in [-0.2, -0.15) is 0 Å². The van der Waals surface area contributed by atoms with E-state index in [1.54, 1.807) is 15.4 Å². The second-order valence-electron chi connectivity index (χ2n) is 12.6. The van der Waals surface area contributed by atoms with Gasteiger partial charge in [0.05, 0.1) is 31.6 Å². The summed E-state index contributed by atoms with van der Waals surface area (Å²) in [5.74, 6) is 4.18. The number of hydrogen-bond donors (Lipinski definition) is 1. The first-order valence-corrected chi connectivity index (χ1v) is 15.8. The highest BCUT2D eigenvalue weighted by Crippen LogP contribution is 2.54. The first kappa shape index (κ1) is 26.8. The van der Waals surface area contributed by atoms with E-state index in [1.807, 2.05) is 0 Å². The van der Waals surface area contributed by atoms with Crippen molar-refractivity contribution in [2.45, 2.75) is 117 Å². The van der Waals surface area contributed by atoms with E-state index in [2.05, 4.69) is 64.8 Å². The average Bonchev–Trinajstić information content (AvgIpc) is 2.83. The molecule has 1 saturated carbocycles. The van der Waals surface area contributed by atoms with Crippen molar-refractivity contribution in [1.82, 2.24) is 5.32 Å². The molecule has 8 atom stereocenters. The minimum absolute atomic E-state index is 0.701. The topological polar surface area (TPSA) is 12.0 Å². The van der Waals surface area contributed by atoms with Crippen molar-refractivity contribution in [1.29, 1.82) is 0 Å². The number of fused-ring (bicyclic) bond motifs is 4. The highest BCUT2D eigenvalue weighted by molar-refractivity contribution is 8.06. The van der Waals surface area contributed by atoms with Crippen LogP contribution >= 0.6 is 11.8 Å². The van der Waals surface area contributed by atoms with Crippen LogP contribution in [0.1, 0.15) is 105 Å². The Labute approximate surface area is 216 Å². The molecule has 0 amide bonds. The summed E-state index contributed by atoms with van der Waals surface area (Å²) in [6.45, 7) is 16.2. The van der Waals surface area contributed by atoms with Crippen LogP contribution in [0.4, 0.5) is 0 Å². The zero-order chi connectivity index (χ0) is 24.3. The quantitative estimate of drug-likeness (QED) is 0.364. The zero-order valence-corrected chi connectivity index (χ0v) is 24.2. The predicted molar refractivity (Wildman–Crippen MR) is 151 cm³/mol. The minimum Gasteiger partial charge on any atom is -0.320 e. The lowest BCUT2D eigenvalue weighted by molar-refractivity contribution is -1.02. The van der Waals surface area contributed by atoms with E-state index in [0.29, 0.717) is 5.92 Å². The van der Waals surface area contributed by atoms with E-state index < -0.39 is 0 Å². The average molecular weight is 488 g/mol. The fourth-order valence-electron chi connectivity index (χ4n) is 8.50. The molecule has 0 aromatic heterocycles. The maximum atomic E-state index is 3.69. The Bertz CT molecular complexity index is 736. The largest absolute Gasteiger partial charge is 0.320 e. The van der Waals surface area contributed by atoms with Gasteiger partial charge >= 0.3 is 0 Å². The number of allylic oxidation sites excluding steroid dienone is 3. The van der Waals surface area contributed by atoms with Gasteiger partial charge < -0.3 is 9.80 Å². The van der Waals surface area contributed by atoms with Gasteiger partial charge in [-0.15, -0.1) is 0 Å². The number of quaternary nitrogens is 1. The monoisotopic (exact) mass is 487 g/mol. The van der Waals surface area contributed by atoms with Crippen molar-refractivity contribution < 1.29 is 4.48 Å². The lowest BCUT2D eigenvalue weighted by Gasteiger charge is -2.65. The molecule has 1 aliphatic carbocycles. The molecular formula is C31H55N2S+. The molecule has 0 aromatic rings. The molecule has 3 heteroatoms. The van der Waals surface area contributed by atoms with Gasteiger partial charge in [0.1, 0.15) is 0 Å². The molecule has 0 aromatic carbocycles. The second kappa shape index (κ2) is 11.9. The first-order chi connectivity index (χ1) is 16.4. The lowest BCUT2D eigenvalue weighted by Crippen LogP contribution is -2.77. The summed E-state index contributed by atoms with van der Waals surface area (Å²) in [5, 5.41) is 3.69. The molecule has 4 fully saturated rings. The van der Waals surface area contributed by atoms with Gasteiger partial charge in [0.15, 0.2) is 0 Å². The van der Waals surface area contributed by atoms with E-state index in [0.717, 1.165) is 35.8 Å². The van der Waals surface area contributed by atoms with Crippen molar-refractivity contribution in [3.63, 3.8) is 0 Å². The molecule has 194 valence electrons. The number of thioether (sulfide) groups is 1. The molecule has 3 aliphatic heterocycles. The molecular weight excluding hydrogens is 432 g/mol. The smallest absolute Gasteiger partial charge is 0.0979 e. The van der Waals surface area contributed by atoms with Crippen LogP contribution in [0.15, 0.2) is 21.5 Å². The van der Waals surface area contributed by atoms with E-state index in [1.165, 1.54) is 94.7 Å². The van der Waals surface area contributed by atoms with Crippen LogP contribution in [0.2, 0.25) is 0 Å². The Morgan fingerprint density at radius 1 is 1.06 bits per heavy atom. The van der Waals surface area contributed by atoms with E-state index in [-0.39, 0.29) is 0 Å². The van der Waals surface area contributed by atoms with Crippen molar-refractivity contribution in [2.75, 3.05) is 26.7 Å². The summed E-state index contributed by atoms with van der Waals surface area (Å²) < 4.78 is 1.44. The lowest BCUT2D eigenvalue weighted by atomic mass is 9.61. The molecule has 0 bridgehead atoms. The summed E-state index contributed by atoms with van der Waals surface area (Å²) in [4.78, 5) is 3.39. The van der Waals surface area contributed by atoms with Gasteiger partial charge in [-0.25, -0.2) is 0 Å². The highest BCUT2D eigenvalue weighted by atomic mass is 32.2. The molecule has 3 heterocycles. The number of nitrogens with zero attached hydrogens (tertiary/aromatic N) is 1. The number of rotatable bonds is 7. The fourth-order valence-corrected chi connectivity index (χ4v) is 10.1. The fraction of sp³-hybridized carbons (Fsp3) is 0.871. The van der Waals surface area contributed by atoms with Crippen LogP contribution < -0.4 is 5.32 Å². The number of piperidine rings is 2. The summed E-state index contributed by atoms with van der Waals surface area (Å²) in [6, 6.07) is 1.94. The predicted octanol–water partition coefficient (Wildman–Crippen LogP) is 8.16. The van der Waals surface area contributed by atoms with Crippen molar-refractivity contribution >= 4 is 11.8 Å². The van der Waals surface area contributed by atoms with Crippen LogP contribution in [0, 0.1) is 29.6 Å². The standard InChI is InChI=1S/C31H55N2S/c1-7-13-29(34-31(22(3)8-2)26-15-12-18-32-21-26)24(5)25-14-11-17-28-30(23(4)20-25)27-16-9-10-19-33(27,28)6/h13,23-28,30,32H,7-12,14-21H2,1-6H3/q+1. The van der Waals surface area contributed by atoms with Crippen LogP contribution in [0.25, 0.3) is 0 Å². The molecule has 1 N–H and O–H groups in total. The van der Waals surface area contributed by atoms with Gasteiger partial charge in [-0.1, -0.05) is 51.1 Å². The second-order valence-corrected chi connectivity index (χ2v) is 13.7. The van der Waals surface area contributed by atoms with Gasteiger partial charge in [0.25, 0.3) is 0 Å². The molecule has 2 nitrogen and oxygen atoms in total. The van der Waals surface area contributed by atoms with Gasteiger partial charge in [0, 0.05) is 18.9 Å². The van der Waals surface area contributed by atoms with Gasteiger partial charge in [-0.05, 0) is 105 Å². The minimum atomic E-state index is 0.701. The molecule has 34 heavy (non-hydrogen) atoms. The van der Waals surface area contributed by atoms with Crippen molar-refractivity contribution in [3.05, 3.63) is 21.5 Å². The molecule has 4 aliphatic rings. The molecule has 3 saturated heterocycles. The number of nitrogens with one attached hydrogen (secondary N) is 1. The van der Waals surface area contributed by atoms with Crippen LogP contribution in [-0.2, 0) is 0 Å². The normalized spacial score (nSPS) is 40.7. The third-order valence-corrected chi connectivity index (χ3v) is 12.3. The highest BCUT2D eigenvalue weighted by Gasteiger charge is 2.62. The van der Waals surface area contributed by atoms with Gasteiger partial charge in [-0.3, -0.25) is 0 Å². The Balaban J connectivity index is 1.48. The van der Waals surface area contributed by atoms with E-state index in [9.17, 15) is 0 Å². The Kier molecular flexibility index (Phi) is 9.35.